The smallest absolute Gasteiger partial charge is 0.0322 e. The standard InChI is InChI=1S/C12H18BrN/c1-8-12(2,3)10-5-4-9(7-13)6-11(10)14-8/h4-5,8-9,14H,6-7H2,1-3H3. The molecule has 0 radical (unpaired) electrons. The molecule has 1 heterocycles. The van der Waals surface area contributed by atoms with Gasteiger partial charge in [-0.3, -0.25) is 0 Å². The molecule has 1 N–H and O–H groups in total. The van der Waals surface area contributed by atoms with Gasteiger partial charge in [0.05, 0.1) is 0 Å². The molecule has 0 aromatic rings. The van der Waals surface area contributed by atoms with E-state index in [9.17, 15) is 0 Å². The van der Waals surface area contributed by atoms with E-state index in [1.807, 2.05) is 0 Å². The van der Waals surface area contributed by atoms with Gasteiger partial charge in [-0.05, 0) is 24.8 Å². The SMILES string of the molecule is CC1NC2=C(C=CC(CBr)C2)C1(C)C. The van der Waals surface area contributed by atoms with Gasteiger partial charge in [-0.1, -0.05) is 41.9 Å². The van der Waals surface area contributed by atoms with Crippen LogP contribution in [0.2, 0.25) is 0 Å². The molecule has 14 heavy (non-hydrogen) atoms. The van der Waals surface area contributed by atoms with E-state index in [4.69, 9.17) is 0 Å². The molecule has 2 heteroatoms. The largest absolute Gasteiger partial charge is 0.385 e. The highest BCUT2D eigenvalue weighted by Crippen LogP contribution is 2.42. The summed E-state index contributed by atoms with van der Waals surface area (Å²) in [5, 5.41) is 4.68. The molecule has 0 saturated heterocycles. The fraction of sp³-hybridized carbons (Fsp3) is 0.667. The minimum absolute atomic E-state index is 0.295. The number of hydrogen-bond acceptors (Lipinski definition) is 1. The Morgan fingerprint density at radius 2 is 2.29 bits per heavy atom. The molecular weight excluding hydrogens is 238 g/mol. The summed E-state index contributed by atoms with van der Waals surface area (Å²) in [6.07, 6.45) is 5.83. The van der Waals surface area contributed by atoms with Crippen LogP contribution >= 0.6 is 15.9 Å². The van der Waals surface area contributed by atoms with Gasteiger partial charge in [0.15, 0.2) is 0 Å². The molecular formula is C12H18BrN. The van der Waals surface area contributed by atoms with Gasteiger partial charge >= 0.3 is 0 Å². The number of halogens is 1. The molecule has 0 fully saturated rings. The van der Waals surface area contributed by atoms with Crippen LogP contribution in [-0.2, 0) is 0 Å². The quantitative estimate of drug-likeness (QED) is 0.710. The summed E-state index contributed by atoms with van der Waals surface area (Å²) in [4.78, 5) is 0. The van der Waals surface area contributed by atoms with Crippen molar-refractivity contribution in [3.8, 4) is 0 Å². The van der Waals surface area contributed by atoms with Crippen LogP contribution in [0.5, 0.6) is 0 Å². The van der Waals surface area contributed by atoms with Crippen molar-refractivity contribution >= 4 is 15.9 Å². The van der Waals surface area contributed by atoms with Crippen molar-refractivity contribution in [2.75, 3.05) is 5.33 Å². The first-order chi connectivity index (χ1) is 6.55. The molecule has 2 aliphatic rings. The second-order valence-corrected chi connectivity index (χ2v) is 5.61. The van der Waals surface area contributed by atoms with Gasteiger partial charge in [0, 0.05) is 22.5 Å². The Morgan fingerprint density at radius 3 is 2.93 bits per heavy atom. The molecule has 0 bridgehead atoms. The number of alkyl halides is 1. The third kappa shape index (κ3) is 1.44. The van der Waals surface area contributed by atoms with E-state index >= 15 is 0 Å². The van der Waals surface area contributed by atoms with E-state index in [1.165, 1.54) is 17.7 Å². The minimum Gasteiger partial charge on any atom is -0.385 e. The monoisotopic (exact) mass is 255 g/mol. The lowest BCUT2D eigenvalue weighted by atomic mass is 9.78. The Balaban J connectivity index is 2.26. The van der Waals surface area contributed by atoms with Crippen LogP contribution in [0.3, 0.4) is 0 Å². The van der Waals surface area contributed by atoms with Crippen LogP contribution in [0.4, 0.5) is 0 Å². The molecule has 0 amide bonds. The van der Waals surface area contributed by atoms with Gasteiger partial charge in [0.2, 0.25) is 0 Å². The molecule has 2 unspecified atom stereocenters. The van der Waals surface area contributed by atoms with Crippen LogP contribution in [0.25, 0.3) is 0 Å². The average Bonchev–Trinajstić information content (AvgIpc) is 2.38. The van der Waals surface area contributed by atoms with Crippen LogP contribution in [0.1, 0.15) is 27.2 Å². The van der Waals surface area contributed by atoms with E-state index in [0.29, 0.717) is 17.4 Å². The van der Waals surface area contributed by atoms with Gasteiger partial charge in [0.1, 0.15) is 0 Å². The Kier molecular flexibility index (Phi) is 2.50. The highest BCUT2D eigenvalue weighted by molar-refractivity contribution is 9.09. The normalized spacial score (nSPS) is 34.3. The lowest BCUT2D eigenvalue weighted by molar-refractivity contribution is 0.373. The first-order valence-corrected chi connectivity index (χ1v) is 6.42. The number of rotatable bonds is 1. The van der Waals surface area contributed by atoms with Crippen molar-refractivity contribution in [1.29, 1.82) is 0 Å². The Bertz CT molecular complexity index is 301. The fourth-order valence-corrected chi connectivity index (χ4v) is 2.74. The first-order valence-electron chi connectivity index (χ1n) is 5.30. The zero-order chi connectivity index (χ0) is 10.3. The van der Waals surface area contributed by atoms with Gasteiger partial charge in [-0.15, -0.1) is 0 Å². The van der Waals surface area contributed by atoms with Gasteiger partial charge in [-0.25, -0.2) is 0 Å². The molecule has 1 aliphatic heterocycles. The predicted octanol–water partition coefficient (Wildman–Crippen LogP) is 3.23. The van der Waals surface area contributed by atoms with Crippen molar-refractivity contribution < 1.29 is 0 Å². The molecule has 78 valence electrons. The summed E-state index contributed by atoms with van der Waals surface area (Å²) in [7, 11) is 0. The molecule has 0 saturated carbocycles. The van der Waals surface area contributed by atoms with Crippen molar-refractivity contribution in [2.24, 2.45) is 11.3 Å². The van der Waals surface area contributed by atoms with Crippen LogP contribution in [-0.4, -0.2) is 11.4 Å². The van der Waals surface area contributed by atoms with Crippen molar-refractivity contribution in [3.05, 3.63) is 23.4 Å². The van der Waals surface area contributed by atoms with Gasteiger partial charge in [-0.2, -0.15) is 0 Å². The zero-order valence-electron chi connectivity index (χ0n) is 9.10. The van der Waals surface area contributed by atoms with E-state index < -0.39 is 0 Å². The van der Waals surface area contributed by atoms with Crippen LogP contribution < -0.4 is 5.32 Å². The maximum atomic E-state index is 3.62. The van der Waals surface area contributed by atoms with E-state index in [-0.39, 0.29) is 0 Å². The minimum atomic E-state index is 0.295. The molecule has 2 atom stereocenters. The summed E-state index contributed by atoms with van der Waals surface area (Å²) in [6.45, 7) is 6.92. The molecule has 0 spiro atoms. The van der Waals surface area contributed by atoms with E-state index in [1.54, 1.807) is 0 Å². The van der Waals surface area contributed by atoms with Crippen molar-refractivity contribution in [2.45, 2.75) is 33.2 Å². The van der Waals surface area contributed by atoms with Gasteiger partial charge < -0.3 is 5.32 Å². The first kappa shape index (κ1) is 10.3. The van der Waals surface area contributed by atoms with Crippen LogP contribution in [0, 0.1) is 11.3 Å². The summed E-state index contributed by atoms with van der Waals surface area (Å²) in [5.74, 6) is 0.669. The van der Waals surface area contributed by atoms with E-state index in [0.717, 1.165) is 5.33 Å². The number of allylic oxidation sites excluding steroid dienone is 3. The van der Waals surface area contributed by atoms with Crippen molar-refractivity contribution in [3.63, 3.8) is 0 Å². The molecule has 1 aliphatic carbocycles. The number of hydrogen-bond donors (Lipinski definition) is 1. The summed E-state index contributed by atoms with van der Waals surface area (Å²) in [6, 6.07) is 0.561. The third-order valence-electron chi connectivity index (χ3n) is 3.69. The average molecular weight is 256 g/mol. The molecule has 1 nitrogen and oxygen atoms in total. The van der Waals surface area contributed by atoms with E-state index in [2.05, 4.69) is 54.2 Å². The third-order valence-corrected chi connectivity index (χ3v) is 4.52. The lowest BCUT2D eigenvalue weighted by Gasteiger charge is -2.26. The topological polar surface area (TPSA) is 12.0 Å². The maximum Gasteiger partial charge on any atom is 0.0322 e. The lowest BCUT2D eigenvalue weighted by Crippen LogP contribution is -2.31. The summed E-state index contributed by atoms with van der Waals surface area (Å²) in [5.41, 5.74) is 3.28. The highest BCUT2D eigenvalue weighted by Gasteiger charge is 2.38. The summed E-state index contributed by atoms with van der Waals surface area (Å²) >= 11 is 3.55. The van der Waals surface area contributed by atoms with Crippen molar-refractivity contribution in [1.82, 2.24) is 5.32 Å². The molecule has 0 aromatic heterocycles. The van der Waals surface area contributed by atoms with Crippen LogP contribution in [0.15, 0.2) is 23.4 Å². The second kappa shape index (κ2) is 3.41. The zero-order valence-corrected chi connectivity index (χ0v) is 10.7. The Labute approximate surface area is 94.8 Å². The summed E-state index contributed by atoms with van der Waals surface area (Å²) < 4.78 is 0. The highest BCUT2D eigenvalue weighted by atomic mass is 79.9. The fourth-order valence-electron chi connectivity index (χ4n) is 2.29. The molecule has 2 rings (SSSR count). The van der Waals surface area contributed by atoms with Gasteiger partial charge in [0.25, 0.3) is 0 Å². The second-order valence-electron chi connectivity index (χ2n) is 4.96. The predicted molar refractivity (Wildman–Crippen MR) is 64.4 cm³/mol. The molecule has 0 aromatic carbocycles. The Morgan fingerprint density at radius 1 is 1.57 bits per heavy atom. The maximum absolute atomic E-state index is 3.62. The number of nitrogens with one attached hydrogen (secondary N) is 1. The Hall–Kier alpha value is -0.240.